The molecular formula is C27H33N7O3. The molecule has 1 aromatic carbocycles. The number of rotatable bonds is 6. The molecule has 0 bridgehead atoms. The predicted octanol–water partition coefficient (Wildman–Crippen LogP) is 0.967. The van der Waals surface area contributed by atoms with Gasteiger partial charge in [0, 0.05) is 39.3 Å². The fourth-order valence-electron chi connectivity index (χ4n) is 5.23. The highest BCUT2D eigenvalue weighted by molar-refractivity contribution is 5.80. The number of aromatic nitrogens is 4. The standard InChI is InChI=1S/C27H33N7O3/c1-3-5-16-32-23-24(29-26(32)31-17-12-28-13-18-31)33(19-22(35)30-14-8-9-15-30)27(37)34(25(23)36)21-11-7-6-10-20(21)4-2/h6-7,10-11,28H,4,8-9,12-19H2,1-2H3. The quantitative estimate of drug-likeness (QED) is 0.504. The molecule has 2 aliphatic rings. The number of hydrogen-bond donors (Lipinski definition) is 1. The minimum atomic E-state index is -0.552. The molecule has 0 aliphatic carbocycles. The molecular weight excluding hydrogens is 470 g/mol. The molecule has 37 heavy (non-hydrogen) atoms. The third-order valence-corrected chi connectivity index (χ3v) is 7.19. The van der Waals surface area contributed by atoms with E-state index < -0.39 is 11.2 Å². The molecule has 194 valence electrons. The number of nitrogens with one attached hydrogen (secondary N) is 1. The largest absolute Gasteiger partial charge is 0.341 e. The van der Waals surface area contributed by atoms with Gasteiger partial charge in [-0.15, -0.1) is 5.92 Å². The molecule has 2 aliphatic heterocycles. The van der Waals surface area contributed by atoms with E-state index in [9.17, 15) is 14.4 Å². The lowest BCUT2D eigenvalue weighted by molar-refractivity contribution is -0.130. The van der Waals surface area contributed by atoms with Crippen LogP contribution in [0.2, 0.25) is 0 Å². The number of amides is 1. The molecule has 0 spiro atoms. The molecule has 10 heteroatoms. The number of carbonyl (C=O) groups is 1. The fourth-order valence-corrected chi connectivity index (χ4v) is 5.23. The van der Waals surface area contributed by atoms with Crippen molar-refractivity contribution in [3.8, 4) is 17.5 Å². The summed E-state index contributed by atoms with van der Waals surface area (Å²) < 4.78 is 4.39. The molecule has 0 atom stereocenters. The van der Waals surface area contributed by atoms with Crippen molar-refractivity contribution in [3.05, 3.63) is 50.7 Å². The Morgan fingerprint density at radius 3 is 2.49 bits per heavy atom. The first kappa shape index (κ1) is 24.8. The number of piperazine rings is 1. The van der Waals surface area contributed by atoms with Gasteiger partial charge in [-0.1, -0.05) is 31.0 Å². The second-order valence-electron chi connectivity index (χ2n) is 9.41. The zero-order valence-electron chi connectivity index (χ0n) is 21.5. The first-order valence-corrected chi connectivity index (χ1v) is 13.0. The highest BCUT2D eigenvalue weighted by atomic mass is 16.2. The van der Waals surface area contributed by atoms with E-state index in [4.69, 9.17) is 4.98 Å². The summed E-state index contributed by atoms with van der Waals surface area (Å²) in [6.45, 7) is 8.21. The summed E-state index contributed by atoms with van der Waals surface area (Å²) in [7, 11) is 0. The van der Waals surface area contributed by atoms with Gasteiger partial charge in [-0.3, -0.25) is 18.7 Å². The number of nitrogens with zero attached hydrogens (tertiary/aromatic N) is 6. The number of para-hydroxylation sites is 1. The number of likely N-dealkylation sites (tertiary alicyclic amines) is 1. The Kier molecular flexibility index (Phi) is 7.15. The van der Waals surface area contributed by atoms with Crippen molar-refractivity contribution in [1.82, 2.24) is 28.9 Å². The van der Waals surface area contributed by atoms with E-state index in [0.29, 0.717) is 44.2 Å². The molecule has 2 fully saturated rings. The Balaban J connectivity index is 1.80. The topological polar surface area (TPSA) is 97.4 Å². The number of fused-ring (bicyclic) bond motifs is 1. The van der Waals surface area contributed by atoms with Gasteiger partial charge in [0.05, 0.1) is 12.2 Å². The van der Waals surface area contributed by atoms with Gasteiger partial charge in [0.2, 0.25) is 11.9 Å². The summed E-state index contributed by atoms with van der Waals surface area (Å²) in [6.07, 6.45) is 2.56. The van der Waals surface area contributed by atoms with E-state index in [1.165, 1.54) is 9.13 Å². The van der Waals surface area contributed by atoms with Crippen LogP contribution >= 0.6 is 0 Å². The third kappa shape index (κ3) is 4.55. The van der Waals surface area contributed by atoms with Crippen LogP contribution in [-0.4, -0.2) is 68.8 Å². The maximum Gasteiger partial charge on any atom is 0.337 e. The van der Waals surface area contributed by atoms with Crippen LogP contribution in [0.4, 0.5) is 5.95 Å². The average molecular weight is 504 g/mol. The lowest BCUT2D eigenvalue weighted by Gasteiger charge is -2.28. The van der Waals surface area contributed by atoms with Gasteiger partial charge in [0.25, 0.3) is 5.56 Å². The van der Waals surface area contributed by atoms with Crippen molar-refractivity contribution in [3.63, 3.8) is 0 Å². The first-order valence-electron chi connectivity index (χ1n) is 13.0. The van der Waals surface area contributed by atoms with Crippen LogP contribution in [0.25, 0.3) is 16.9 Å². The van der Waals surface area contributed by atoms with Crippen molar-refractivity contribution >= 4 is 23.0 Å². The van der Waals surface area contributed by atoms with Crippen molar-refractivity contribution in [2.75, 3.05) is 44.2 Å². The monoisotopic (exact) mass is 503 g/mol. The molecule has 1 N–H and O–H groups in total. The van der Waals surface area contributed by atoms with E-state index in [-0.39, 0.29) is 30.2 Å². The van der Waals surface area contributed by atoms with Crippen LogP contribution < -0.4 is 21.5 Å². The SMILES string of the molecule is CC#CCn1c(N2CCNCC2)nc2c1c(=O)n(-c1ccccc1CC)c(=O)n2CC(=O)N1CCCC1. The normalized spacial score (nSPS) is 15.7. The molecule has 0 radical (unpaired) electrons. The van der Waals surface area contributed by atoms with Gasteiger partial charge in [0.15, 0.2) is 11.2 Å². The maximum atomic E-state index is 14.1. The lowest BCUT2D eigenvalue weighted by atomic mass is 10.1. The first-order chi connectivity index (χ1) is 18.0. The van der Waals surface area contributed by atoms with E-state index in [1.54, 1.807) is 22.5 Å². The molecule has 3 aromatic rings. The Morgan fingerprint density at radius 2 is 1.78 bits per heavy atom. The average Bonchev–Trinajstić information content (AvgIpc) is 3.59. The summed E-state index contributed by atoms with van der Waals surface area (Å²) in [4.78, 5) is 50.1. The smallest absolute Gasteiger partial charge is 0.337 e. The van der Waals surface area contributed by atoms with Gasteiger partial charge < -0.3 is 15.1 Å². The van der Waals surface area contributed by atoms with Crippen LogP contribution in [0.1, 0.15) is 32.3 Å². The molecule has 10 nitrogen and oxygen atoms in total. The molecule has 2 saturated heterocycles. The predicted molar refractivity (Wildman–Crippen MR) is 143 cm³/mol. The van der Waals surface area contributed by atoms with Crippen molar-refractivity contribution < 1.29 is 4.79 Å². The minimum Gasteiger partial charge on any atom is -0.341 e. The number of aryl methyl sites for hydroxylation is 1. The number of anilines is 1. The number of imidazole rings is 1. The summed E-state index contributed by atoms with van der Waals surface area (Å²) in [6, 6.07) is 7.41. The molecule has 5 rings (SSSR count). The lowest BCUT2D eigenvalue weighted by Crippen LogP contribution is -2.44. The van der Waals surface area contributed by atoms with E-state index in [2.05, 4.69) is 22.1 Å². The Bertz CT molecular complexity index is 1490. The van der Waals surface area contributed by atoms with E-state index in [1.807, 2.05) is 25.1 Å². The second kappa shape index (κ2) is 10.6. The van der Waals surface area contributed by atoms with Crippen LogP contribution in [0.3, 0.4) is 0 Å². The highest BCUT2D eigenvalue weighted by Gasteiger charge is 2.28. The Hall–Kier alpha value is -3.84. The fraction of sp³-hybridized carbons (Fsp3) is 0.481. The van der Waals surface area contributed by atoms with Crippen LogP contribution in [-0.2, 0) is 24.3 Å². The van der Waals surface area contributed by atoms with E-state index in [0.717, 1.165) is 31.5 Å². The minimum absolute atomic E-state index is 0.138. The number of carbonyl (C=O) groups excluding carboxylic acids is 1. The summed E-state index contributed by atoms with van der Waals surface area (Å²) >= 11 is 0. The van der Waals surface area contributed by atoms with Crippen molar-refractivity contribution in [1.29, 1.82) is 0 Å². The van der Waals surface area contributed by atoms with Gasteiger partial charge in [-0.05, 0) is 37.8 Å². The zero-order chi connectivity index (χ0) is 25.9. The summed E-state index contributed by atoms with van der Waals surface area (Å²) in [5.74, 6) is 6.44. The van der Waals surface area contributed by atoms with Gasteiger partial charge >= 0.3 is 5.69 Å². The Labute approximate surface area is 215 Å². The molecule has 0 saturated carbocycles. The molecule has 1 amide bonds. The highest BCUT2D eigenvalue weighted by Crippen LogP contribution is 2.22. The zero-order valence-corrected chi connectivity index (χ0v) is 21.5. The number of hydrogen-bond acceptors (Lipinski definition) is 6. The van der Waals surface area contributed by atoms with Crippen LogP contribution in [0, 0.1) is 11.8 Å². The van der Waals surface area contributed by atoms with Crippen molar-refractivity contribution in [2.45, 2.75) is 46.2 Å². The third-order valence-electron chi connectivity index (χ3n) is 7.19. The molecule has 2 aromatic heterocycles. The number of benzene rings is 1. The van der Waals surface area contributed by atoms with Gasteiger partial charge in [-0.25, -0.2) is 9.36 Å². The molecule has 4 heterocycles. The molecule has 0 unspecified atom stereocenters. The summed E-state index contributed by atoms with van der Waals surface area (Å²) in [5, 5.41) is 3.34. The maximum absolute atomic E-state index is 14.1. The van der Waals surface area contributed by atoms with Crippen molar-refractivity contribution in [2.24, 2.45) is 0 Å². The van der Waals surface area contributed by atoms with Gasteiger partial charge in [-0.2, -0.15) is 4.98 Å². The van der Waals surface area contributed by atoms with Gasteiger partial charge in [0.1, 0.15) is 6.54 Å². The summed E-state index contributed by atoms with van der Waals surface area (Å²) in [5.41, 5.74) is 0.930. The second-order valence-corrected chi connectivity index (χ2v) is 9.41. The van der Waals surface area contributed by atoms with Crippen LogP contribution in [0.15, 0.2) is 33.9 Å². The Morgan fingerprint density at radius 1 is 1.05 bits per heavy atom. The van der Waals surface area contributed by atoms with Crippen LogP contribution in [0.5, 0.6) is 0 Å². The van der Waals surface area contributed by atoms with E-state index >= 15 is 0 Å².